The fraction of sp³-hybridized carbons (Fsp3) is 1.00. The summed E-state index contributed by atoms with van der Waals surface area (Å²) in [7, 11) is 2.29. The molecule has 3 N–H and O–H groups in total. The zero-order valence-electron chi connectivity index (χ0n) is 13.1. The average molecular weight is 340 g/mol. The standard InChI is InChI=1S/C12H23BFO7P/c1-5-12(14,21-22(17,18)11(2,3)16)6-7-8(15)9(19-4)10(13)20-7/h7-10,15-16H,5-6H2,1-4H3,(H,17,18)/t7-,8?,9-,10-,12?/m1/s1. The molecule has 0 aromatic heterocycles. The van der Waals surface area contributed by atoms with Crippen molar-refractivity contribution >= 4 is 15.4 Å². The van der Waals surface area contributed by atoms with Crippen LogP contribution in [0.15, 0.2) is 0 Å². The fourth-order valence-corrected chi connectivity index (χ4v) is 2.96. The van der Waals surface area contributed by atoms with Gasteiger partial charge in [0.15, 0.2) is 5.34 Å². The molecule has 128 valence electrons. The topological polar surface area (TPSA) is 105 Å². The number of hydrogen-bond acceptors (Lipinski definition) is 6. The van der Waals surface area contributed by atoms with Crippen LogP contribution in [0.25, 0.3) is 0 Å². The SMILES string of the molecule is [B][C@@H]1O[C@H](CC(F)(CC)OP(=O)(O)C(C)(C)O)C(O)[C@H]1OC. The van der Waals surface area contributed by atoms with Gasteiger partial charge in [0.05, 0.1) is 6.10 Å². The zero-order chi connectivity index (χ0) is 17.3. The molecule has 0 aromatic rings. The molecular formula is C12H23BFO7P. The molecule has 0 amide bonds. The number of alkyl halides is 1. The van der Waals surface area contributed by atoms with Crippen molar-refractivity contribution < 1.29 is 38.1 Å². The Balaban J connectivity index is 2.86. The van der Waals surface area contributed by atoms with Gasteiger partial charge in [-0.2, -0.15) is 0 Å². The number of aliphatic hydroxyl groups excluding tert-OH is 1. The van der Waals surface area contributed by atoms with Crippen molar-refractivity contribution in [3.05, 3.63) is 0 Å². The van der Waals surface area contributed by atoms with E-state index in [-0.39, 0.29) is 6.42 Å². The Morgan fingerprint density at radius 3 is 2.36 bits per heavy atom. The molecular weight excluding hydrogens is 317 g/mol. The molecule has 1 aliphatic heterocycles. The van der Waals surface area contributed by atoms with Gasteiger partial charge >= 0.3 is 7.60 Å². The summed E-state index contributed by atoms with van der Waals surface area (Å²) in [6.07, 6.45) is -3.91. The molecule has 0 aliphatic carbocycles. The number of ether oxygens (including phenoxy) is 2. The summed E-state index contributed by atoms with van der Waals surface area (Å²) in [4.78, 5) is 9.70. The van der Waals surface area contributed by atoms with Crippen molar-refractivity contribution in [3.8, 4) is 0 Å². The Labute approximate surface area is 130 Å². The van der Waals surface area contributed by atoms with E-state index in [1.54, 1.807) is 0 Å². The van der Waals surface area contributed by atoms with Crippen LogP contribution >= 0.6 is 7.60 Å². The van der Waals surface area contributed by atoms with Gasteiger partial charge in [-0.05, 0) is 13.8 Å². The molecule has 1 fully saturated rings. The first-order valence-corrected chi connectivity index (χ1v) is 8.51. The lowest BCUT2D eigenvalue weighted by molar-refractivity contribution is -0.124. The molecule has 1 saturated heterocycles. The molecule has 1 rings (SSSR count). The second-order valence-electron chi connectivity index (χ2n) is 5.88. The second-order valence-corrected chi connectivity index (χ2v) is 8.19. The summed E-state index contributed by atoms with van der Waals surface area (Å²) in [5.74, 6) is -2.57. The van der Waals surface area contributed by atoms with Gasteiger partial charge in [0, 0.05) is 26.0 Å². The van der Waals surface area contributed by atoms with E-state index >= 15 is 0 Å². The van der Waals surface area contributed by atoms with Gasteiger partial charge in [-0.15, -0.1) is 0 Å². The average Bonchev–Trinajstić information content (AvgIpc) is 2.61. The third kappa shape index (κ3) is 4.29. The molecule has 10 heteroatoms. The van der Waals surface area contributed by atoms with Gasteiger partial charge in [0.25, 0.3) is 0 Å². The van der Waals surface area contributed by atoms with Crippen molar-refractivity contribution in [3.63, 3.8) is 0 Å². The minimum atomic E-state index is -4.65. The molecule has 22 heavy (non-hydrogen) atoms. The maximum absolute atomic E-state index is 14.8. The van der Waals surface area contributed by atoms with E-state index in [0.717, 1.165) is 13.8 Å². The van der Waals surface area contributed by atoms with E-state index in [4.69, 9.17) is 17.3 Å². The van der Waals surface area contributed by atoms with Gasteiger partial charge in [0.2, 0.25) is 5.85 Å². The Kier molecular flexibility index (Phi) is 6.23. The molecule has 0 saturated carbocycles. The highest BCUT2D eigenvalue weighted by molar-refractivity contribution is 7.54. The summed E-state index contributed by atoms with van der Waals surface area (Å²) in [5, 5.41) is 17.5. The predicted octanol–water partition coefficient (Wildman–Crippen LogP) is 0.652. The monoisotopic (exact) mass is 340 g/mol. The molecule has 0 spiro atoms. The molecule has 1 aliphatic rings. The lowest BCUT2D eigenvalue weighted by atomic mass is 9.92. The largest absolute Gasteiger partial charge is 0.388 e. The molecule has 1 heterocycles. The molecule has 7 nitrogen and oxygen atoms in total. The summed E-state index contributed by atoms with van der Waals surface area (Å²) in [5.41, 5.74) is 0. The van der Waals surface area contributed by atoms with Gasteiger partial charge < -0.3 is 24.6 Å². The fourth-order valence-electron chi connectivity index (χ4n) is 2.09. The molecule has 0 aromatic carbocycles. The van der Waals surface area contributed by atoms with Crippen LogP contribution in [-0.4, -0.2) is 65.6 Å². The first kappa shape index (κ1) is 20.0. The van der Waals surface area contributed by atoms with E-state index in [9.17, 15) is 24.1 Å². The lowest BCUT2D eigenvalue weighted by Crippen LogP contribution is -2.39. The normalized spacial score (nSPS) is 35.1. The number of rotatable bonds is 7. The van der Waals surface area contributed by atoms with Crippen LogP contribution in [0.3, 0.4) is 0 Å². The first-order valence-electron chi connectivity index (χ1n) is 6.93. The van der Waals surface area contributed by atoms with E-state index in [1.165, 1.54) is 14.0 Å². The van der Waals surface area contributed by atoms with Crippen molar-refractivity contribution in [1.29, 1.82) is 0 Å². The Morgan fingerprint density at radius 1 is 1.45 bits per heavy atom. The van der Waals surface area contributed by atoms with E-state index in [1.807, 2.05) is 0 Å². The zero-order valence-corrected chi connectivity index (χ0v) is 14.0. The van der Waals surface area contributed by atoms with Crippen molar-refractivity contribution in [2.75, 3.05) is 7.11 Å². The van der Waals surface area contributed by atoms with Crippen LogP contribution in [0, 0.1) is 0 Å². The Bertz CT molecular complexity index is 432. The molecule has 0 bridgehead atoms. The van der Waals surface area contributed by atoms with Crippen LogP contribution in [0.4, 0.5) is 4.39 Å². The third-order valence-electron chi connectivity index (χ3n) is 3.66. The van der Waals surface area contributed by atoms with Gasteiger partial charge in [-0.1, -0.05) is 6.92 Å². The summed E-state index contributed by atoms with van der Waals surface area (Å²) in [6, 6.07) is -0.943. The van der Waals surface area contributed by atoms with E-state index in [0.29, 0.717) is 0 Å². The molecule has 6 atom stereocenters. The summed E-state index contributed by atoms with van der Waals surface area (Å²) >= 11 is 0. The lowest BCUT2D eigenvalue weighted by Gasteiger charge is -2.33. The highest BCUT2D eigenvalue weighted by atomic mass is 31.2. The van der Waals surface area contributed by atoms with Crippen molar-refractivity contribution in [1.82, 2.24) is 0 Å². The van der Waals surface area contributed by atoms with Crippen LogP contribution in [0.2, 0.25) is 0 Å². The van der Waals surface area contributed by atoms with Gasteiger partial charge in [-0.25, -0.2) is 4.39 Å². The molecule has 2 radical (unpaired) electrons. The number of aliphatic hydroxyl groups is 2. The number of hydrogen-bond donors (Lipinski definition) is 3. The van der Waals surface area contributed by atoms with Crippen LogP contribution in [0.1, 0.15) is 33.6 Å². The number of halogens is 1. The second kappa shape index (κ2) is 6.85. The Hall–Kier alpha value is -0.0151. The summed E-state index contributed by atoms with van der Waals surface area (Å²) < 4.78 is 41.6. The maximum atomic E-state index is 14.8. The van der Waals surface area contributed by atoms with E-state index < -0.39 is 49.5 Å². The van der Waals surface area contributed by atoms with Crippen LogP contribution < -0.4 is 0 Å². The van der Waals surface area contributed by atoms with Crippen molar-refractivity contribution in [2.45, 2.75) is 69.1 Å². The quantitative estimate of drug-likeness (QED) is 0.462. The smallest absolute Gasteiger partial charge is 0.361 e. The van der Waals surface area contributed by atoms with Gasteiger partial charge in [0.1, 0.15) is 20.1 Å². The van der Waals surface area contributed by atoms with Crippen LogP contribution in [0.5, 0.6) is 0 Å². The minimum absolute atomic E-state index is 0.285. The van der Waals surface area contributed by atoms with Crippen LogP contribution in [-0.2, 0) is 18.6 Å². The third-order valence-corrected chi connectivity index (χ3v) is 5.62. The molecule has 3 unspecified atom stereocenters. The van der Waals surface area contributed by atoms with E-state index in [2.05, 4.69) is 4.52 Å². The Morgan fingerprint density at radius 2 is 2.00 bits per heavy atom. The predicted molar refractivity (Wildman–Crippen MR) is 77.2 cm³/mol. The highest BCUT2D eigenvalue weighted by Gasteiger charge is 2.50. The van der Waals surface area contributed by atoms with Crippen molar-refractivity contribution in [2.24, 2.45) is 0 Å². The maximum Gasteiger partial charge on any atom is 0.361 e. The van der Waals surface area contributed by atoms with Gasteiger partial charge in [-0.3, -0.25) is 9.09 Å². The minimum Gasteiger partial charge on any atom is -0.388 e. The highest BCUT2D eigenvalue weighted by Crippen LogP contribution is 2.57. The summed E-state index contributed by atoms with van der Waals surface area (Å²) in [6.45, 7) is 3.49. The number of methoxy groups -OCH3 is 1. The first-order chi connectivity index (χ1) is 9.87.